The highest BCUT2D eigenvalue weighted by Crippen LogP contribution is 2.58. The maximum atomic E-state index is 11.4. The number of benzene rings is 2. The van der Waals surface area contributed by atoms with Crippen LogP contribution in [0.25, 0.3) is 10.8 Å². The van der Waals surface area contributed by atoms with Gasteiger partial charge >= 0.3 is 0 Å². The number of rotatable bonds is 11. The van der Waals surface area contributed by atoms with E-state index in [-0.39, 0.29) is 17.6 Å². The van der Waals surface area contributed by atoms with Crippen LogP contribution in [-0.4, -0.2) is 59.2 Å². The van der Waals surface area contributed by atoms with Gasteiger partial charge in [-0.05, 0) is 37.1 Å². The lowest BCUT2D eigenvalue weighted by Gasteiger charge is -2.44. The molecule has 1 saturated carbocycles. The third-order valence-electron chi connectivity index (χ3n) is 7.01. The Kier molecular flexibility index (Phi) is 6.44. The Morgan fingerprint density at radius 2 is 1.89 bits per heavy atom. The van der Waals surface area contributed by atoms with Gasteiger partial charge in [-0.3, -0.25) is 4.18 Å². The number of methoxy groups -OCH3 is 2. The zero-order valence-corrected chi connectivity index (χ0v) is 21.5. The molecule has 3 aromatic rings. The minimum absolute atomic E-state index is 0.182. The molecule has 1 aliphatic carbocycles. The van der Waals surface area contributed by atoms with Crippen LogP contribution in [0.4, 0.5) is 11.5 Å². The van der Waals surface area contributed by atoms with Crippen LogP contribution in [0.15, 0.2) is 48.7 Å². The summed E-state index contributed by atoms with van der Waals surface area (Å²) in [5.41, 5.74) is 1.50. The molecule has 3 heterocycles. The van der Waals surface area contributed by atoms with Crippen molar-refractivity contribution in [2.75, 3.05) is 50.9 Å². The number of ether oxygens (including phenoxy) is 3. The van der Waals surface area contributed by atoms with Gasteiger partial charge in [-0.15, -0.1) is 0 Å². The number of fused-ring (bicyclic) bond motifs is 2. The van der Waals surface area contributed by atoms with Crippen molar-refractivity contribution in [3.05, 3.63) is 54.2 Å². The molecule has 36 heavy (non-hydrogen) atoms. The monoisotopic (exact) mass is 513 g/mol. The fraction of sp³-hybridized carbons (Fsp3) is 0.423. The quantitative estimate of drug-likeness (QED) is 0.370. The number of nitrogens with zero attached hydrogens (tertiary/aromatic N) is 1. The molecule has 6 rings (SSSR count). The number of hydrogen-bond donors (Lipinski definition) is 2. The Morgan fingerprint density at radius 3 is 2.64 bits per heavy atom. The van der Waals surface area contributed by atoms with E-state index in [0.29, 0.717) is 19.7 Å². The lowest BCUT2D eigenvalue weighted by molar-refractivity contribution is -0.0127. The first-order valence-electron chi connectivity index (χ1n) is 11.8. The molecule has 2 saturated heterocycles. The molecule has 0 radical (unpaired) electrons. The summed E-state index contributed by atoms with van der Waals surface area (Å²) >= 11 is 0. The van der Waals surface area contributed by atoms with Crippen LogP contribution < -0.4 is 20.1 Å². The normalized spacial score (nSPS) is 22.8. The molecular weight excluding hydrogens is 482 g/mol. The van der Waals surface area contributed by atoms with Crippen molar-refractivity contribution in [3.8, 4) is 11.5 Å². The van der Waals surface area contributed by atoms with Gasteiger partial charge in [0.05, 0.1) is 39.3 Å². The van der Waals surface area contributed by atoms with E-state index < -0.39 is 10.1 Å². The Bertz CT molecular complexity index is 1370. The molecule has 192 valence electrons. The molecule has 2 bridgehead atoms. The number of nitrogens with one attached hydrogen (secondary N) is 2. The number of pyridine rings is 1. The molecule has 1 aromatic heterocycles. The van der Waals surface area contributed by atoms with Crippen LogP contribution in [0.2, 0.25) is 0 Å². The largest absolute Gasteiger partial charge is 0.497 e. The van der Waals surface area contributed by atoms with Crippen LogP contribution in [0.3, 0.4) is 0 Å². The van der Waals surface area contributed by atoms with Gasteiger partial charge in [0.2, 0.25) is 0 Å². The highest BCUT2D eigenvalue weighted by atomic mass is 32.2. The fourth-order valence-corrected chi connectivity index (χ4v) is 5.78. The van der Waals surface area contributed by atoms with Crippen molar-refractivity contribution in [2.24, 2.45) is 5.41 Å². The minimum atomic E-state index is -3.45. The molecule has 0 unspecified atom stereocenters. The molecule has 10 heteroatoms. The van der Waals surface area contributed by atoms with E-state index in [4.69, 9.17) is 18.4 Å². The number of aromatic nitrogens is 1. The van der Waals surface area contributed by atoms with E-state index in [9.17, 15) is 8.42 Å². The minimum Gasteiger partial charge on any atom is -0.497 e. The first-order valence-corrected chi connectivity index (χ1v) is 13.6. The topological polar surface area (TPSA) is 108 Å². The average molecular weight is 514 g/mol. The second kappa shape index (κ2) is 9.42. The fourth-order valence-electron chi connectivity index (χ4n) is 5.31. The molecule has 2 aromatic carbocycles. The maximum absolute atomic E-state index is 11.4. The van der Waals surface area contributed by atoms with E-state index in [1.165, 1.54) is 0 Å². The van der Waals surface area contributed by atoms with Gasteiger partial charge in [0.25, 0.3) is 10.1 Å². The van der Waals surface area contributed by atoms with Gasteiger partial charge < -0.3 is 24.8 Å². The third-order valence-corrected chi connectivity index (χ3v) is 7.55. The Balaban J connectivity index is 1.27. The van der Waals surface area contributed by atoms with Crippen LogP contribution >= 0.6 is 0 Å². The Hall–Kier alpha value is -3.08. The van der Waals surface area contributed by atoms with Crippen molar-refractivity contribution >= 4 is 32.4 Å². The molecule has 0 amide bonds. The summed E-state index contributed by atoms with van der Waals surface area (Å²) in [7, 11) is -0.180. The highest BCUT2D eigenvalue weighted by molar-refractivity contribution is 7.85. The zero-order valence-electron chi connectivity index (χ0n) is 20.7. The molecule has 9 nitrogen and oxygen atoms in total. The van der Waals surface area contributed by atoms with E-state index in [1.807, 2.05) is 42.5 Å². The summed E-state index contributed by atoms with van der Waals surface area (Å²) < 4.78 is 44.7. The predicted molar refractivity (Wildman–Crippen MR) is 138 cm³/mol. The molecule has 3 aliphatic rings. The maximum Gasteiger partial charge on any atom is 0.264 e. The summed E-state index contributed by atoms with van der Waals surface area (Å²) in [6, 6.07) is 13.8. The molecule has 0 atom stereocenters. The van der Waals surface area contributed by atoms with Crippen molar-refractivity contribution in [1.82, 2.24) is 4.98 Å². The number of hydrogen-bond acceptors (Lipinski definition) is 9. The SMILES string of the molecule is COc1ccc(CNc2nccc3c(NCC45CC(COS(C)(=O)=O)(CO4)C5)cccc23)c(OC)c1. The lowest BCUT2D eigenvalue weighted by Crippen LogP contribution is -2.50. The Labute approximate surface area is 211 Å². The summed E-state index contributed by atoms with van der Waals surface area (Å²) in [6.07, 6.45) is 4.44. The van der Waals surface area contributed by atoms with Gasteiger partial charge in [-0.2, -0.15) is 8.42 Å². The van der Waals surface area contributed by atoms with Crippen LogP contribution in [0.1, 0.15) is 18.4 Å². The second-order valence-corrected chi connectivity index (χ2v) is 11.4. The van der Waals surface area contributed by atoms with E-state index in [2.05, 4.69) is 15.6 Å². The van der Waals surface area contributed by atoms with Crippen LogP contribution in [-0.2, 0) is 25.6 Å². The van der Waals surface area contributed by atoms with Crippen molar-refractivity contribution in [3.63, 3.8) is 0 Å². The molecule has 2 aliphatic heterocycles. The second-order valence-electron chi connectivity index (χ2n) is 9.74. The average Bonchev–Trinajstić information content (AvgIpc) is 3.41. The van der Waals surface area contributed by atoms with Gasteiger partial charge in [-0.25, -0.2) is 4.98 Å². The van der Waals surface area contributed by atoms with Crippen LogP contribution in [0.5, 0.6) is 11.5 Å². The molecule has 0 spiro atoms. The van der Waals surface area contributed by atoms with Crippen molar-refractivity contribution in [1.29, 1.82) is 0 Å². The van der Waals surface area contributed by atoms with Gasteiger partial charge in [0.15, 0.2) is 0 Å². The standard InChI is InChI=1S/C26H31N3O6S/c1-32-19-8-7-18(23(11-19)33-2)12-28-24-21-5-4-6-22(20(21)9-10-27-24)29-15-26-13-25(14-26,16-34-26)17-35-36(3,30)31/h4-11,29H,12-17H2,1-3H3,(H,27,28). The summed E-state index contributed by atoms with van der Waals surface area (Å²) in [4.78, 5) is 4.57. The van der Waals surface area contributed by atoms with Gasteiger partial charge in [0, 0.05) is 52.8 Å². The first kappa shape index (κ1) is 24.6. The highest BCUT2D eigenvalue weighted by Gasteiger charge is 2.62. The van der Waals surface area contributed by atoms with E-state index >= 15 is 0 Å². The zero-order chi connectivity index (χ0) is 25.4. The number of anilines is 2. The van der Waals surface area contributed by atoms with Gasteiger partial charge in [0.1, 0.15) is 17.3 Å². The summed E-state index contributed by atoms with van der Waals surface area (Å²) in [5.74, 6) is 2.27. The van der Waals surface area contributed by atoms with Gasteiger partial charge in [-0.1, -0.05) is 12.1 Å². The first-order chi connectivity index (χ1) is 17.2. The van der Waals surface area contributed by atoms with E-state index in [0.717, 1.165) is 58.4 Å². The smallest absolute Gasteiger partial charge is 0.264 e. The van der Waals surface area contributed by atoms with Crippen molar-refractivity contribution in [2.45, 2.75) is 25.0 Å². The predicted octanol–water partition coefficient (Wildman–Crippen LogP) is 3.80. The Morgan fingerprint density at radius 1 is 1.06 bits per heavy atom. The summed E-state index contributed by atoms with van der Waals surface area (Å²) in [6.45, 7) is 1.89. The molecule has 2 N–H and O–H groups in total. The third kappa shape index (κ3) is 4.93. The molecule has 3 fully saturated rings. The molecular formula is C26H31N3O6S. The lowest BCUT2D eigenvalue weighted by atomic mass is 9.63. The summed E-state index contributed by atoms with van der Waals surface area (Å²) in [5, 5.41) is 9.05. The van der Waals surface area contributed by atoms with E-state index in [1.54, 1.807) is 20.4 Å². The van der Waals surface area contributed by atoms with Crippen LogP contribution in [0, 0.1) is 5.41 Å². The van der Waals surface area contributed by atoms with Crippen molar-refractivity contribution < 1.29 is 26.8 Å².